The normalized spacial score (nSPS) is 12.7. The zero-order valence-electron chi connectivity index (χ0n) is 12.5. The van der Waals surface area contributed by atoms with E-state index in [-0.39, 0.29) is 16.7 Å². The van der Waals surface area contributed by atoms with Crippen molar-refractivity contribution in [3.63, 3.8) is 0 Å². The molecule has 3 aromatic rings. The van der Waals surface area contributed by atoms with Crippen LogP contribution in [-0.2, 0) is 0 Å². The van der Waals surface area contributed by atoms with Crippen LogP contribution in [0.15, 0.2) is 54.7 Å². The predicted molar refractivity (Wildman–Crippen MR) is 85.3 cm³/mol. The molecule has 0 spiro atoms. The van der Waals surface area contributed by atoms with Crippen molar-refractivity contribution in [2.45, 2.75) is 6.04 Å². The maximum atomic E-state index is 11.0. The summed E-state index contributed by atoms with van der Waals surface area (Å²) in [7, 11) is 4.08. The first kappa shape index (κ1) is 14.3. The molecule has 0 amide bonds. The van der Waals surface area contributed by atoms with Gasteiger partial charge in [0, 0.05) is 23.7 Å². The minimum Gasteiger partial charge on any atom is -0.361 e. The first-order valence-corrected chi connectivity index (χ1v) is 7.06. The molecule has 3 rings (SSSR count). The van der Waals surface area contributed by atoms with Gasteiger partial charge in [0.15, 0.2) is 0 Å². The summed E-state index contributed by atoms with van der Waals surface area (Å²) in [6, 6.07) is 15.5. The lowest BCUT2D eigenvalue weighted by Crippen LogP contribution is -2.20. The van der Waals surface area contributed by atoms with E-state index < -0.39 is 0 Å². The number of H-pyrrole nitrogens is 1. The van der Waals surface area contributed by atoms with Gasteiger partial charge >= 0.3 is 5.69 Å². The first-order valence-electron chi connectivity index (χ1n) is 7.06. The van der Waals surface area contributed by atoms with E-state index in [1.807, 2.05) is 44.6 Å². The quantitative estimate of drug-likeness (QED) is 0.723. The molecule has 1 heterocycles. The Morgan fingerprint density at radius 2 is 1.86 bits per heavy atom. The Bertz CT molecular complexity index is 809. The Hall–Kier alpha value is -2.66. The Labute approximate surface area is 128 Å². The Balaban J connectivity index is 2.13. The summed E-state index contributed by atoms with van der Waals surface area (Å²) in [5.74, 6) is 0. The van der Waals surface area contributed by atoms with E-state index in [0.29, 0.717) is 0 Å². The van der Waals surface area contributed by atoms with Crippen molar-refractivity contribution < 1.29 is 10.1 Å². The second-order valence-electron chi connectivity index (χ2n) is 5.52. The minimum absolute atomic E-state index is 0.110. The Morgan fingerprint density at radius 1 is 1.14 bits per heavy atom. The largest absolute Gasteiger partial charge is 0.361 e. The van der Waals surface area contributed by atoms with Gasteiger partial charge in [0.2, 0.25) is 0 Å². The van der Waals surface area contributed by atoms with Crippen LogP contribution in [-0.4, -0.2) is 34.1 Å². The number of hydrogen-bond acceptors (Lipinski definition) is 2. The van der Waals surface area contributed by atoms with Crippen LogP contribution in [0, 0.1) is 4.91 Å². The van der Waals surface area contributed by atoms with Crippen LogP contribution in [0.3, 0.4) is 0 Å². The van der Waals surface area contributed by atoms with Gasteiger partial charge in [-0.1, -0.05) is 30.3 Å². The molecule has 0 saturated carbocycles. The van der Waals surface area contributed by atoms with Crippen molar-refractivity contribution in [2.24, 2.45) is 0 Å². The molecule has 2 aromatic carbocycles. The average molecular weight is 296 g/mol. The standard InChI is InChI=1S/C17H18N3O2/c1-19(2)17(12-6-4-3-5-7-12)15-11-18-16-10-13(20(21)22)8-9-14(15)16/h3-11,17-18H,1-2H3,(H,21,22)/q+1. The van der Waals surface area contributed by atoms with E-state index in [4.69, 9.17) is 5.21 Å². The average Bonchev–Trinajstić information content (AvgIpc) is 2.91. The highest BCUT2D eigenvalue weighted by Gasteiger charge is 2.21. The third-order valence-corrected chi connectivity index (χ3v) is 3.84. The number of nitrogens with one attached hydrogen (secondary N) is 1. The summed E-state index contributed by atoms with van der Waals surface area (Å²) >= 11 is 0. The van der Waals surface area contributed by atoms with Crippen molar-refractivity contribution in [1.29, 1.82) is 0 Å². The molecule has 2 N–H and O–H groups in total. The van der Waals surface area contributed by atoms with E-state index >= 15 is 0 Å². The van der Waals surface area contributed by atoms with Gasteiger partial charge in [0.05, 0.1) is 16.5 Å². The fourth-order valence-electron chi connectivity index (χ4n) is 2.87. The summed E-state index contributed by atoms with van der Waals surface area (Å²) in [6.07, 6.45) is 1.96. The lowest BCUT2D eigenvalue weighted by Gasteiger charge is -2.24. The zero-order chi connectivity index (χ0) is 15.7. The molecule has 5 heteroatoms. The maximum absolute atomic E-state index is 11.0. The zero-order valence-corrected chi connectivity index (χ0v) is 12.5. The molecule has 5 nitrogen and oxygen atoms in total. The molecule has 0 aliphatic carbocycles. The highest BCUT2D eigenvalue weighted by atomic mass is 16.6. The molecule has 112 valence electrons. The molecule has 1 atom stereocenters. The molecule has 0 radical (unpaired) electrons. The molecule has 0 bridgehead atoms. The second-order valence-corrected chi connectivity index (χ2v) is 5.52. The molecular weight excluding hydrogens is 278 g/mol. The number of nitrogens with zero attached hydrogens (tertiary/aromatic N) is 2. The van der Waals surface area contributed by atoms with Crippen LogP contribution >= 0.6 is 0 Å². The van der Waals surface area contributed by atoms with Gasteiger partial charge in [-0.25, -0.2) is 5.21 Å². The Kier molecular flexibility index (Phi) is 3.65. The topological polar surface area (TPSA) is 59.3 Å². The summed E-state index contributed by atoms with van der Waals surface area (Å²) < 4.78 is 0. The second kappa shape index (κ2) is 5.61. The van der Waals surface area contributed by atoms with Crippen molar-refractivity contribution >= 4 is 16.6 Å². The monoisotopic (exact) mass is 296 g/mol. The number of fused-ring (bicyclic) bond motifs is 1. The van der Waals surface area contributed by atoms with Gasteiger partial charge < -0.3 is 4.98 Å². The van der Waals surface area contributed by atoms with Crippen LogP contribution < -0.4 is 0 Å². The van der Waals surface area contributed by atoms with Crippen molar-refractivity contribution in [1.82, 2.24) is 9.88 Å². The molecular formula is C17H18N3O2+. The predicted octanol–water partition coefficient (Wildman–Crippen LogP) is 3.62. The van der Waals surface area contributed by atoms with Gasteiger partial charge in [0.1, 0.15) is 0 Å². The summed E-state index contributed by atoms with van der Waals surface area (Å²) in [4.78, 5) is 16.2. The van der Waals surface area contributed by atoms with E-state index in [1.54, 1.807) is 12.1 Å². The van der Waals surface area contributed by atoms with E-state index in [2.05, 4.69) is 22.0 Å². The summed E-state index contributed by atoms with van der Waals surface area (Å²) in [5, 5.41) is 10.1. The lowest BCUT2D eigenvalue weighted by atomic mass is 9.97. The SMILES string of the molecule is CN(C)C(c1ccccc1)c1c[nH]c2cc([N+](=O)O)ccc12. The Morgan fingerprint density at radius 3 is 2.50 bits per heavy atom. The first-order chi connectivity index (χ1) is 10.6. The molecule has 0 saturated heterocycles. The van der Waals surface area contributed by atoms with Gasteiger partial charge in [-0.3, -0.25) is 4.90 Å². The number of hydrogen-bond donors (Lipinski definition) is 2. The molecule has 1 unspecified atom stereocenters. The molecule has 0 aliphatic heterocycles. The lowest BCUT2D eigenvalue weighted by molar-refractivity contribution is -0.729. The highest BCUT2D eigenvalue weighted by Crippen LogP contribution is 2.33. The van der Waals surface area contributed by atoms with Crippen molar-refractivity contribution in [3.8, 4) is 0 Å². The van der Waals surface area contributed by atoms with E-state index in [0.717, 1.165) is 16.5 Å². The fraction of sp³-hybridized carbons (Fsp3) is 0.176. The fourth-order valence-corrected chi connectivity index (χ4v) is 2.87. The summed E-state index contributed by atoms with van der Waals surface area (Å²) in [5.41, 5.74) is 3.37. The van der Waals surface area contributed by atoms with Crippen LogP contribution in [0.1, 0.15) is 17.2 Å². The van der Waals surface area contributed by atoms with Gasteiger partial charge in [0.25, 0.3) is 4.92 Å². The van der Waals surface area contributed by atoms with Crippen molar-refractivity contribution in [3.05, 3.63) is 70.8 Å². The van der Waals surface area contributed by atoms with Crippen molar-refractivity contribution in [2.75, 3.05) is 14.1 Å². The van der Waals surface area contributed by atoms with Crippen LogP contribution in [0.25, 0.3) is 10.9 Å². The number of rotatable bonds is 4. The smallest absolute Gasteiger partial charge is 0.318 e. The summed E-state index contributed by atoms with van der Waals surface area (Å²) in [6.45, 7) is 0. The van der Waals surface area contributed by atoms with Crippen LogP contribution in [0.5, 0.6) is 0 Å². The number of benzene rings is 2. The number of aromatic nitrogens is 1. The molecule has 1 aromatic heterocycles. The van der Waals surface area contributed by atoms with Crippen LogP contribution in [0.2, 0.25) is 0 Å². The van der Waals surface area contributed by atoms with Gasteiger partial charge in [-0.05, 0) is 31.3 Å². The van der Waals surface area contributed by atoms with Crippen LogP contribution in [0.4, 0.5) is 5.69 Å². The van der Waals surface area contributed by atoms with E-state index in [9.17, 15) is 4.91 Å². The van der Waals surface area contributed by atoms with Gasteiger partial charge in [-0.2, -0.15) is 0 Å². The third kappa shape index (κ3) is 2.46. The number of aromatic amines is 1. The van der Waals surface area contributed by atoms with Gasteiger partial charge in [-0.15, -0.1) is 0 Å². The molecule has 22 heavy (non-hydrogen) atoms. The highest BCUT2D eigenvalue weighted by molar-refractivity contribution is 5.86. The third-order valence-electron chi connectivity index (χ3n) is 3.84. The maximum Gasteiger partial charge on any atom is 0.318 e. The van der Waals surface area contributed by atoms with E-state index in [1.165, 1.54) is 5.56 Å². The molecule has 0 fully saturated rings. The molecule has 0 aliphatic rings. The minimum atomic E-state index is -0.124.